The van der Waals surface area contributed by atoms with Crippen LogP contribution in [-0.4, -0.2) is 29.6 Å². The molecule has 1 aromatic carbocycles. The second-order valence-corrected chi connectivity index (χ2v) is 5.89. The van der Waals surface area contributed by atoms with Gasteiger partial charge in [0.1, 0.15) is 11.6 Å². The van der Waals surface area contributed by atoms with Gasteiger partial charge in [-0.05, 0) is 19.3 Å². The summed E-state index contributed by atoms with van der Waals surface area (Å²) in [5, 5.41) is 3.15. The third kappa shape index (κ3) is 2.84. The zero-order valence-electron chi connectivity index (χ0n) is 12.9. The molecule has 2 heterocycles. The van der Waals surface area contributed by atoms with E-state index in [2.05, 4.69) is 41.2 Å². The zero-order chi connectivity index (χ0) is 14.8. The molecule has 21 heavy (non-hydrogen) atoms. The molecular weight excluding hydrogens is 260 g/mol. The van der Waals surface area contributed by atoms with Crippen molar-refractivity contribution in [2.24, 2.45) is 5.92 Å². The van der Waals surface area contributed by atoms with Crippen molar-refractivity contribution in [2.75, 3.05) is 23.8 Å². The molecule has 0 amide bonds. The molecule has 1 aliphatic heterocycles. The molecule has 3 rings (SSSR count). The van der Waals surface area contributed by atoms with E-state index in [0.29, 0.717) is 12.0 Å². The van der Waals surface area contributed by atoms with Gasteiger partial charge in [0.15, 0.2) is 5.82 Å². The van der Waals surface area contributed by atoms with Gasteiger partial charge in [-0.15, -0.1) is 0 Å². The van der Waals surface area contributed by atoms with Crippen molar-refractivity contribution in [1.82, 2.24) is 9.97 Å². The van der Waals surface area contributed by atoms with Gasteiger partial charge in [-0.1, -0.05) is 37.3 Å². The van der Waals surface area contributed by atoms with Crippen molar-refractivity contribution in [3.8, 4) is 11.4 Å². The maximum atomic E-state index is 4.79. The summed E-state index contributed by atoms with van der Waals surface area (Å²) in [7, 11) is 1.90. The molecule has 0 radical (unpaired) electrons. The zero-order valence-corrected chi connectivity index (χ0v) is 12.9. The second-order valence-electron chi connectivity index (χ2n) is 5.89. The molecule has 1 aliphatic rings. The van der Waals surface area contributed by atoms with Crippen LogP contribution in [0.4, 0.5) is 11.6 Å². The molecule has 2 atom stereocenters. The van der Waals surface area contributed by atoms with Crippen LogP contribution in [0.5, 0.6) is 0 Å². The van der Waals surface area contributed by atoms with Gasteiger partial charge in [0.25, 0.3) is 0 Å². The van der Waals surface area contributed by atoms with Gasteiger partial charge in [0.05, 0.1) is 0 Å². The molecule has 1 saturated heterocycles. The Kier molecular flexibility index (Phi) is 3.78. The molecule has 1 fully saturated rings. The van der Waals surface area contributed by atoms with E-state index in [1.165, 1.54) is 6.42 Å². The summed E-state index contributed by atoms with van der Waals surface area (Å²) in [6.07, 6.45) is 1.22. The Labute approximate surface area is 126 Å². The summed E-state index contributed by atoms with van der Waals surface area (Å²) in [4.78, 5) is 11.8. The van der Waals surface area contributed by atoms with Crippen LogP contribution in [0.1, 0.15) is 20.3 Å². The van der Waals surface area contributed by atoms with Gasteiger partial charge in [-0.3, -0.25) is 0 Å². The quantitative estimate of drug-likeness (QED) is 0.936. The number of benzene rings is 1. The first-order chi connectivity index (χ1) is 10.2. The van der Waals surface area contributed by atoms with E-state index >= 15 is 0 Å². The molecule has 110 valence electrons. The molecule has 4 heteroatoms. The van der Waals surface area contributed by atoms with Crippen LogP contribution in [0.2, 0.25) is 0 Å². The molecule has 2 aromatic rings. The van der Waals surface area contributed by atoms with Crippen LogP contribution in [0, 0.1) is 5.92 Å². The Bertz CT molecular complexity index is 611. The highest BCUT2D eigenvalue weighted by atomic mass is 15.2. The fraction of sp³-hybridized carbons (Fsp3) is 0.412. The summed E-state index contributed by atoms with van der Waals surface area (Å²) >= 11 is 0. The number of anilines is 2. The molecular formula is C17H22N4. The topological polar surface area (TPSA) is 41.0 Å². The van der Waals surface area contributed by atoms with E-state index in [-0.39, 0.29) is 0 Å². The number of hydrogen-bond donors (Lipinski definition) is 1. The van der Waals surface area contributed by atoms with E-state index in [1.807, 2.05) is 31.3 Å². The number of nitrogens with one attached hydrogen (secondary N) is 1. The van der Waals surface area contributed by atoms with E-state index in [0.717, 1.165) is 29.6 Å². The Morgan fingerprint density at radius 3 is 2.52 bits per heavy atom. The lowest BCUT2D eigenvalue weighted by molar-refractivity contribution is 0.625. The summed E-state index contributed by atoms with van der Waals surface area (Å²) in [6.45, 7) is 5.64. The highest BCUT2D eigenvalue weighted by molar-refractivity contribution is 5.62. The molecule has 4 nitrogen and oxygen atoms in total. The molecule has 0 spiro atoms. The smallest absolute Gasteiger partial charge is 0.163 e. The van der Waals surface area contributed by atoms with Crippen LogP contribution in [0.15, 0.2) is 36.4 Å². The lowest BCUT2D eigenvalue weighted by atomic mass is 10.1. The normalized spacial score (nSPS) is 21.6. The Hall–Kier alpha value is -2.10. The first-order valence-corrected chi connectivity index (χ1v) is 7.56. The number of aromatic nitrogens is 2. The maximum absolute atomic E-state index is 4.79. The highest BCUT2D eigenvalue weighted by Crippen LogP contribution is 2.30. The van der Waals surface area contributed by atoms with Crippen molar-refractivity contribution in [1.29, 1.82) is 0 Å². The largest absolute Gasteiger partial charge is 0.373 e. The molecule has 1 aromatic heterocycles. The van der Waals surface area contributed by atoms with Gasteiger partial charge in [0.2, 0.25) is 0 Å². The summed E-state index contributed by atoms with van der Waals surface area (Å²) < 4.78 is 0. The van der Waals surface area contributed by atoms with Gasteiger partial charge >= 0.3 is 0 Å². The summed E-state index contributed by atoms with van der Waals surface area (Å²) in [5.74, 6) is 3.38. The van der Waals surface area contributed by atoms with E-state index in [9.17, 15) is 0 Å². The predicted molar refractivity (Wildman–Crippen MR) is 87.6 cm³/mol. The van der Waals surface area contributed by atoms with Crippen molar-refractivity contribution >= 4 is 11.6 Å². The fourth-order valence-corrected chi connectivity index (χ4v) is 3.05. The average molecular weight is 282 g/mol. The SMILES string of the molecule is CNc1cc(N2CC(C)CC2C)nc(-c2ccccc2)n1. The second kappa shape index (κ2) is 5.72. The third-order valence-corrected chi connectivity index (χ3v) is 4.08. The molecule has 0 bridgehead atoms. The fourth-order valence-electron chi connectivity index (χ4n) is 3.05. The van der Waals surface area contributed by atoms with Crippen LogP contribution in [-0.2, 0) is 0 Å². The lowest BCUT2D eigenvalue weighted by Crippen LogP contribution is -2.28. The van der Waals surface area contributed by atoms with Gasteiger partial charge in [-0.2, -0.15) is 0 Å². The van der Waals surface area contributed by atoms with E-state index in [4.69, 9.17) is 4.98 Å². The number of rotatable bonds is 3. The van der Waals surface area contributed by atoms with E-state index in [1.54, 1.807) is 0 Å². The minimum Gasteiger partial charge on any atom is -0.373 e. The molecule has 0 aliphatic carbocycles. The first kappa shape index (κ1) is 13.9. The minimum absolute atomic E-state index is 0.531. The predicted octanol–water partition coefficient (Wildman–Crippen LogP) is 3.42. The third-order valence-electron chi connectivity index (χ3n) is 4.08. The lowest BCUT2D eigenvalue weighted by Gasteiger charge is -2.23. The molecule has 0 saturated carbocycles. The average Bonchev–Trinajstić information content (AvgIpc) is 2.86. The van der Waals surface area contributed by atoms with E-state index < -0.39 is 0 Å². The van der Waals surface area contributed by atoms with Crippen molar-refractivity contribution in [2.45, 2.75) is 26.3 Å². The molecule has 2 unspecified atom stereocenters. The van der Waals surface area contributed by atoms with Gasteiger partial charge < -0.3 is 10.2 Å². The van der Waals surface area contributed by atoms with Crippen molar-refractivity contribution in [3.05, 3.63) is 36.4 Å². The first-order valence-electron chi connectivity index (χ1n) is 7.56. The number of nitrogens with zero attached hydrogens (tertiary/aromatic N) is 3. The highest BCUT2D eigenvalue weighted by Gasteiger charge is 2.27. The van der Waals surface area contributed by atoms with Crippen LogP contribution >= 0.6 is 0 Å². The Morgan fingerprint density at radius 2 is 1.90 bits per heavy atom. The van der Waals surface area contributed by atoms with Gasteiger partial charge in [-0.25, -0.2) is 9.97 Å². The summed E-state index contributed by atoms with van der Waals surface area (Å²) in [5.41, 5.74) is 1.05. The van der Waals surface area contributed by atoms with Crippen molar-refractivity contribution in [3.63, 3.8) is 0 Å². The monoisotopic (exact) mass is 282 g/mol. The minimum atomic E-state index is 0.531. The standard InChI is InChI=1S/C17H22N4/c1-12-9-13(2)21(11-12)16-10-15(18-3)19-17(20-16)14-7-5-4-6-8-14/h4-8,10,12-13H,9,11H2,1-3H3,(H,18,19,20). The summed E-state index contributed by atoms with van der Waals surface area (Å²) in [6, 6.07) is 12.7. The van der Waals surface area contributed by atoms with Gasteiger partial charge in [0, 0.05) is 31.3 Å². The van der Waals surface area contributed by atoms with Crippen LogP contribution in [0.25, 0.3) is 11.4 Å². The number of hydrogen-bond acceptors (Lipinski definition) is 4. The van der Waals surface area contributed by atoms with Crippen molar-refractivity contribution < 1.29 is 0 Å². The van der Waals surface area contributed by atoms with Crippen LogP contribution < -0.4 is 10.2 Å². The Morgan fingerprint density at radius 1 is 1.14 bits per heavy atom. The maximum Gasteiger partial charge on any atom is 0.163 e. The molecule has 1 N–H and O–H groups in total. The van der Waals surface area contributed by atoms with Crippen LogP contribution in [0.3, 0.4) is 0 Å². The Balaban J connectivity index is 2.02.